The van der Waals surface area contributed by atoms with Gasteiger partial charge < -0.3 is 53.4 Å². The van der Waals surface area contributed by atoms with Gasteiger partial charge >= 0.3 is 23.9 Å². The summed E-state index contributed by atoms with van der Waals surface area (Å²) in [6, 6.07) is 20.8. The molecule has 9 unspecified atom stereocenters. The van der Waals surface area contributed by atoms with Crippen LogP contribution in [0.25, 0.3) is 0 Å². The number of phenolic OH excluding ortho intramolecular Hbond substituents is 1. The van der Waals surface area contributed by atoms with E-state index < -0.39 is 154 Å². The van der Waals surface area contributed by atoms with E-state index in [4.69, 9.17) is 33.2 Å². The number of nitrogens with zero attached hydrogens (tertiary/aromatic N) is 2. The van der Waals surface area contributed by atoms with Crippen molar-refractivity contribution in [1.29, 1.82) is 0 Å². The van der Waals surface area contributed by atoms with Crippen molar-refractivity contribution >= 4 is 63.1 Å². The highest BCUT2D eigenvalue weighted by Crippen LogP contribution is 2.39. The van der Waals surface area contributed by atoms with Crippen LogP contribution in [0.3, 0.4) is 0 Å². The van der Waals surface area contributed by atoms with E-state index in [1.165, 1.54) is 57.5 Å². The third-order valence-corrected chi connectivity index (χ3v) is 17.0. The number of Topliss-reactive ketones (excluding diaryl/α,β-unsaturated/α-hetero) is 2. The van der Waals surface area contributed by atoms with E-state index in [-0.39, 0.29) is 60.0 Å². The maximum atomic E-state index is 14.7. The number of ether oxygens (including phenoxy) is 7. The highest BCUT2D eigenvalue weighted by atomic mass is 32.2. The van der Waals surface area contributed by atoms with E-state index >= 15 is 0 Å². The number of likely N-dealkylation sites (tertiary alicyclic amines) is 1. The average molecular weight is 1250 g/mol. The Morgan fingerprint density at radius 2 is 1.20 bits per heavy atom. The summed E-state index contributed by atoms with van der Waals surface area (Å²) < 4.78 is 69.2. The maximum absolute atomic E-state index is 14.7. The van der Waals surface area contributed by atoms with E-state index in [1.807, 2.05) is 25.9 Å². The number of sulfonamides is 1. The zero-order valence-electron chi connectivity index (χ0n) is 51.1. The second kappa shape index (κ2) is 32.9. The number of carbonyl (C=O) groups excluding carboxylic acids is 7. The van der Waals surface area contributed by atoms with Gasteiger partial charge in [0.2, 0.25) is 21.8 Å². The first kappa shape index (κ1) is 70.8. The van der Waals surface area contributed by atoms with Gasteiger partial charge in [-0.2, -0.15) is 0 Å². The fraction of sp³-hybridized carbons (Fsp3) is 0.476. The number of methoxy groups -OCH3 is 4. The molecule has 2 amide bonds. The standard InChI is InChI=1S/C63H79N3O21S/c1-11-49(81-7)55(62(77)86-28-25-64-88(79,80)53-33-43(48(69)35-50(53)82-8)57(70)41-19-15-37(3)16-20-41)44(60(73)74)32-52(84-10)56(45(61(75)76)31-51(83-9)54-38(4)58(71)66(59(54)72)27-12-26-65(5)6)63(78)87-30-29-85-42-23-21-40(22-24-42)47(68)34-46(67)39-17-13-36(2)14-18-39/h13-24,33,35,38,44-45,49,51-52,54-56,64,69H,11-12,25-32,34H2,1-10H3,(H,73,74)(H,75,76). The molecule has 478 valence electrons. The molecule has 0 radical (unpaired) electrons. The Morgan fingerprint density at radius 3 is 1.72 bits per heavy atom. The Labute approximate surface area is 511 Å². The lowest BCUT2D eigenvalue weighted by atomic mass is 9.75. The Morgan fingerprint density at radius 1 is 0.682 bits per heavy atom. The average Bonchev–Trinajstić information content (AvgIpc) is 1.50. The summed E-state index contributed by atoms with van der Waals surface area (Å²) in [6.45, 7) is 5.20. The molecule has 25 heteroatoms. The molecule has 1 fully saturated rings. The van der Waals surface area contributed by atoms with E-state index in [0.717, 1.165) is 42.4 Å². The van der Waals surface area contributed by atoms with Crippen LogP contribution in [0, 0.1) is 49.4 Å². The Hall–Kier alpha value is -7.94. The lowest BCUT2D eigenvalue weighted by Gasteiger charge is -2.35. The molecule has 88 heavy (non-hydrogen) atoms. The molecule has 4 aromatic carbocycles. The smallest absolute Gasteiger partial charge is 0.312 e. The van der Waals surface area contributed by atoms with Crippen molar-refractivity contribution in [2.45, 2.75) is 83.0 Å². The van der Waals surface area contributed by atoms with Gasteiger partial charge in [-0.15, -0.1) is 0 Å². The van der Waals surface area contributed by atoms with Crippen molar-refractivity contribution in [2.24, 2.45) is 35.5 Å². The van der Waals surface area contributed by atoms with Crippen molar-refractivity contribution in [1.82, 2.24) is 14.5 Å². The topological polar surface area (TPSA) is 332 Å². The molecule has 0 spiro atoms. The predicted molar refractivity (Wildman–Crippen MR) is 316 cm³/mol. The summed E-state index contributed by atoms with van der Waals surface area (Å²) in [6.07, 6.45) is -5.58. The number of benzene rings is 4. The summed E-state index contributed by atoms with van der Waals surface area (Å²) in [4.78, 5) is 125. The minimum atomic E-state index is -4.60. The summed E-state index contributed by atoms with van der Waals surface area (Å²) in [5.41, 5.74) is 2.21. The highest BCUT2D eigenvalue weighted by Gasteiger charge is 2.53. The van der Waals surface area contributed by atoms with Gasteiger partial charge in [-0.3, -0.25) is 48.1 Å². The molecule has 1 aliphatic rings. The number of carboxylic acids is 2. The van der Waals surface area contributed by atoms with Crippen LogP contribution in [0.5, 0.6) is 17.2 Å². The van der Waals surface area contributed by atoms with Crippen LogP contribution in [0.4, 0.5) is 0 Å². The molecule has 4 N–H and O–H groups in total. The van der Waals surface area contributed by atoms with Gasteiger partial charge in [-0.25, -0.2) is 13.1 Å². The first-order valence-electron chi connectivity index (χ1n) is 28.5. The second-order valence-electron chi connectivity index (χ2n) is 21.7. The molecule has 0 aliphatic carbocycles. The third kappa shape index (κ3) is 18.3. The van der Waals surface area contributed by atoms with Gasteiger partial charge in [0.25, 0.3) is 0 Å². The number of aryl methyl sites for hydroxylation is 2. The van der Waals surface area contributed by atoms with Crippen molar-refractivity contribution in [2.75, 3.05) is 82.0 Å². The summed E-state index contributed by atoms with van der Waals surface area (Å²) in [5, 5.41) is 32.8. The molecule has 24 nitrogen and oxygen atoms in total. The predicted octanol–water partition coefficient (Wildman–Crippen LogP) is 5.59. The fourth-order valence-electron chi connectivity index (χ4n) is 10.6. The summed E-state index contributed by atoms with van der Waals surface area (Å²) in [7, 11) is 3.69. The number of rotatable bonds is 37. The third-order valence-electron chi connectivity index (χ3n) is 15.5. The van der Waals surface area contributed by atoms with Crippen molar-refractivity contribution in [3.05, 3.63) is 118 Å². The molecule has 1 heterocycles. The Bertz CT molecular complexity index is 3220. The van der Waals surface area contributed by atoms with Crippen LogP contribution in [0.15, 0.2) is 89.8 Å². The molecular weight excluding hydrogens is 1170 g/mol. The molecule has 1 saturated heterocycles. The lowest BCUT2D eigenvalue weighted by Crippen LogP contribution is -2.48. The zero-order valence-corrected chi connectivity index (χ0v) is 51.9. The van der Waals surface area contributed by atoms with Crippen molar-refractivity contribution in [3.63, 3.8) is 0 Å². The fourth-order valence-corrected chi connectivity index (χ4v) is 11.8. The molecule has 0 bridgehead atoms. The van der Waals surface area contributed by atoms with Gasteiger partial charge in [-0.05, 0) is 90.5 Å². The van der Waals surface area contributed by atoms with E-state index in [0.29, 0.717) is 18.5 Å². The van der Waals surface area contributed by atoms with Crippen LogP contribution in [-0.4, -0.2) is 187 Å². The number of hydrogen-bond acceptors (Lipinski definition) is 20. The number of aliphatic carboxylic acids is 2. The lowest BCUT2D eigenvalue weighted by molar-refractivity contribution is -0.172. The minimum absolute atomic E-state index is 0.00142. The molecule has 0 saturated carbocycles. The van der Waals surface area contributed by atoms with Gasteiger partial charge in [0.1, 0.15) is 42.0 Å². The summed E-state index contributed by atoms with van der Waals surface area (Å²) in [5.74, 6) is -18.6. The first-order valence-corrected chi connectivity index (χ1v) is 30.0. The largest absolute Gasteiger partial charge is 0.507 e. The number of aromatic hydroxyl groups is 1. The van der Waals surface area contributed by atoms with E-state index in [2.05, 4.69) is 4.72 Å². The number of phenols is 1. The van der Waals surface area contributed by atoms with Gasteiger partial charge in [-0.1, -0.05) is 73.5 Å². The zero-order chi connectivity index (χ0) is 65.2. The van der Waals surface area contributed by atoms with Crippen LogP contribution in [0.1, 0.15) is 93.7 Å². The quantitative estimate of drug-likeness (QED) is 0.0140. The highest BCUT2D eigenvalue weighted by molar-refractivity contribution is 7.89. The number of imide groups is 1. The SMILES string of the molecule is CCC(OC)C(C(=O)OCCNS(=O)(=O)c1cc(C(=O)c2ccc(C)cc2)c(O)cc1OC)C(CC(OC)C(C(=O)OCCOc1ccc(C(=O)CC(=O)c2ccc(C)cc2)cc1)C(CC(OC)C1C(=O)N(CCCN(C)C)C(=O)C1C)C(=O)O)C(=O)O. The Balaban J connectivity index is 1.40. The van der Waals surface area contributed by atoms with Crippen LogP contribution >= 0.6 is 0 Å². The molecule has 5 rings (SSSR count). The molecule has 0 aromatic heterocycles. The monoisotopic (exact) mass is 1250 g/mol. The molecular formula is C63H79N3O21S. The number of esters is 2. The van der Waals surface area contributed by atoms with E-state index in [1.54, 1.807) is 50.2 Å². The Kier molecular flexibility index (Phi) is 26.5. The number of amides is 2. The maximum Gasteiger partial charge on any atom is 0.312 e. The molecule has 1 aliphatic heterocycles. The van der Waals surface area contributed by atoms with Gasteiger partial charge in [0.15, 0.2) is 17.3 Å². The number of hydrogen-bond donors (Lipinski definition) is 4. The second-order valence-corrected chi connectivity index (χ2v) is 23.4. The van der Waals surface area contributed by atoms with Crippen LogP contribution < -0.4 is 14.2 Å². The first-order chi connectivity index (χ1) is 41.7. The normalized spacial score (nSPS) is 16.6. The van der Waals surface area contributed by atoms with Crippen molar-refractivity contribution < 1.29 is 100 Å². The number of carboxylic acid groups (broad SMARTS) is 2. The number of carbonyl (C=O) groups is 9. The molecule has 9 atom stereocenters. The number of nitrogens with one attached hydrogen (secondary N) is 1. The van der Waals surface area contributed by atoms with Crippen LogP contribution in [-0.2, 0) is 62.5 Å². The van der Waals surface area contributed by atoms with E-state index in [9.17, 15) is 66.9 Å². The van der Waals surface area contributed by atoms with Crippen LogP contribution in [0.2, 0.25) is 0 Å². The molecule has 4 aromatic rings. The minimum Gasteiger partial charge on any atom is -0.507 e. The van der Waals surface area contributed by atoms with Gasteiger partial charge in [0, 0.05) is 63.1 Å². The number of ketones is 3. The van der Waals surface area contributed by atoms with Gasteiger partial charge in [0.05, 0.1) is 67.0 Å². The van der Waals surface area contributed by atoms with Crippen molar-refractivity contribution in [3.8, 4) is 17.2 Å². The summed E-state index contributed by atoms with van der Waals surface area (Å²) >= 11 is 0.